The SMILES string of the molecule is Cc1ccc(F)c(Nc2cc(Cl)c(N)cc2C)c1. The van der Waals surface area contributed by atoms with Gasteiger partial charge in [0.1, 0.15) is 5.82 Å². The lowest BCUT2D eigenvalue weighted by molar-refractivity contribution is 0.631. The Morgan fingerprint density at radius 2 is 1.83 bits per heavy atom. The lowest BCUT2D eigenvalue weighted by Crippen LogP contribution is -1.98. The van der Waals surface area contributed by atoms with Crippen LogP contribution in [-0.2, 0) is 0 Å². The van der Waals surface area contributed by atoms with E-state index in [1.54, 1.807) is 24.3 Å². The molecule has 0 bridgehead atoms. The van der Waals surface area contributed by atoms with Crippen molar-refractivity contribution in [3.05, 3.63) is 52.3 Å². The lowest BCUT2D eigenvalue weighted by atomic mass is 10.1. The van der Waals surface area contributed by atoms with Crippen molar-refractivity contribution in [1.29, 1.82) is 0 Å². The summed E-state index contributed by atoms with van der Waals surface area (Å²) in [6.07, 6.45) is 0. The van der Waals surface area contributed by atoms with Crippen LogP contribution >= 0.6 is 11.6 Å². The van der Waals surface area contributed by atoms with Gasteiger partial charge in [-0.1, -0.05) is 17.7 Å². The van der Waals surface area contributed by atoms with Crippen molar-refractivity contribution >= 4 is 28.7 Å². The molecule has 0 heterocycles. The van der Waals surface area contributed by atoms with Gasteiger partial charge in [-0.25, -0.2) is 4.39 Å². The number of halogens is 2. The summed E-state index contributed by atoms with van der Waals surface area (Å²) in [6.45, 7) is 3.80. The molecule has 2 rings (SSSR count). The number of rotatable bonds is 2. The number of benzene rings is 2. The zero-order valence-electron chi connectivity index (χ0n) is 10.2. The molecule has 2 nitrogen and oxygen atoms in total. The average Bonchev–Trinajstić information content (AvgIpc) is 2.30. The number of aryl methyl sites for hydroxylation is 2. The third-order valence-electron chi connectivity index (χ3n) is 2.73. The zero-order chi connectivity index (χ0) is 13.3. The molecule has 0 aliphatic carbocycles. The van der Waals surface area contributed by atoms with Crippen molar-refractivity contribution in [2.24, 2.45) is 0 Å². The minimum atomic E-state index is -0.298. The van der Waals surface area contributed by atoms with Gasteiger partial charge in [0.05, 0.1) is 16.4 Å². The molecule has 0 saturated heterocycles. The first-order valence-corrected chi connectivity index (χ1v) is 5.94. The Labute approximate surface area is 111 Å². The number of hydrogen-bond donors (Lipinski definition) is 2. The number of nitrogens with two attached hydrogens (primary N) is 1. The highest BCUT2D eigenvalue weighted by Gasteiger charge is 2.07. The molecule has 0 unspecified atom stereocenters. The molecule has 0 spiro atoms. The van der Waals surface area contributed by atoms with Gasteiger partial charge in [0.15, 0.2) is 0 Å². The molecule has 0 atom stereocenters. The van der Waals surface area contributed by atoms with E-state index in [2.05, 4.69) is 5.32 Å². The summed E-state index contributed by atoms with van der Waals surface area (Å²) >= 11 is 5.96. The van der Waals surface area contributed by atoms with Crippen LogP contribution in [0.4, 0.5) is 21.5 Å². The summed E-state index contributed by atoms with van der Waals surface area (Å²) in [6, 6.07) is 8.38. The first-order valence-electron chi connectivity index (χ1n) is 5.56. The molecule has 2 aromatic carbocycles. The van der Waals surface area contributed by atoms with Crippen molar-refractivity contribution in [3.8, 4) is 0 Å². The molecule has 18 heavy (non-hydrogen) atoms. The van der Waals surface area contributed by atoms with E-state index in [1.165, 1.54) is 6.07 Å². The van der Waals surface area contributed by atoms with Crippen LogP contribution in [0.5, 0.6) is 0 Å². The van der Waals surface area contributed by atoms with Crippen LogP contribution in [0.15, 0.2) is 30.3 Å². The Balaban J connectivity index is 2.40. The van der Waals surface area contributed by atoms with E-state index in [1.807, 2.05) is 13.8 Å². The molecule has 0 aliphatic rings. The Morgan fingerprint density at radius 3 is 2.56 bits per heavy atom. The van der Waals surface area contributed by atoms with Crippen molar-refractivity contribution in [2.75, 3.05) is 11.1 Å². The molecule has 94 valence electrons. The van der Waals surface area contributed by atoms with Crippen molar-refractivity contribution in [2.45, 2.75) is 13.8 Å². The largest absolute Gasteiger partial charge is 0.398 e. The highest BCUT2D eigenvalue weighted by Crippen LogP contribution is 2.30. The summed E-state index contributed by atoms with van der Waals surface area (Å²) in [4.78, 5) is 0. The van der Waals surface area contributed by atoms with E-state index in [9.17, 15) is 4.39 Å². The molecular weight excluding hydrogens is 251 g/mol. The van der Waals surface area contributed by atoms with Gasteiger partial charge in [0.2, 0.25) is 0 Å². The van der Waals surface area contributed by atoms with Crippen molar-refractivity contribution in [3.63, 3.8) is 0 Å². The van der Waals surface area contributed by atoms with Gasteiger partial charge in [0.25, 0.3) is 0 Å². The Kier molecular flexibility index (Phi) is 3.43. The Morgan fingerprint density at radius 1 is 1.11 bits per heavy atom. The first kappa shape index (κ1) is 12.7. The molecule has 0 aliphatic heterocycles. The van der Waals surface area contributed by atoms with Crippen LogP contribution in [0.2, 0.25) is 5.02 Å². The lowest BCUT2D eigenvalue weighted by Gasteiger charge is -2.12. The number of hydrogen-bond acceptors (Lipinski definition) is 2. The van der Waals surface area contributed by atoms with E-state index in [4.69, 9.17) is 17.3 Å². The highest BCUT2D eigenvalue weighted by atomic mass is 35.5. The molecule has 0 saturated carbocycles. The van der Waals surface area contributed by atoms with Crippen LogP contribution in [-0.4, -0.2) is 0 Å². The molecule has 3 N–H and O–H groups in total. The van der Waals surface area contributed by atoms with Gasteiger partial charge >= 0.3 is 0 Å². The van der Waals surface area contributed by atoms with Gasteiger partial charge in [0, 0.05) is 5.69 Å². The van der Waals surface area contributed by atoms with Crippen LogP contribution in [0, 0.1) is 19.7 Å². The highest BCUT2D eigenvalue weighted by molar-refractivity contribution is 6.33. The molecule has 4 heteroatoms. The summed E-state index contributed by atoms with van der Waals surface area (Å²) in [7, 11) is 0. The van der Waals surface area contributed by atoms with E-state index >= 15 is 0 Å². The summed E-state index contributed by atoms with van der Waals surface area (Å²) in [5.41, 5.74) is 9.30. The molecule has 0 aromatic heterocycles. The second-order valence-corrected chi connectivity index (χ2v) is 4.70. The second-order valence-electron chi connectivity index (χ2n) is 4.30. The van der Waals surface area contributed by atoms with E-state index in [0.29, 0.717) is 16.4 Å². The quantitative estimate of drug-likeness (QED) is 0.788. The van der Waals surface area contributed by atoms with Crippen LogP contribution in [0.25, 0.3) is 0 Å². The fourth-order valence-electron chi connectivity index (χ4n) is 1.72. The number of anilines is 3. The van der Waals surface area contributed by atoms with Crippen molar-refractivity contribution in [1.82, 2.24) is 0 Å². The third-order valence-corrected chi connectivity index (χ3v) is 3.06. The smallest absolute Gasteiger partial charge is 0.146 e. The van der Waals surface area contributed by atoms with Crippen LogP contribution in [0.1, 0.15) is 11.1 Å². The normalized spacial score (nSPS) is 10.4. The topological polar surface area (TPSA) is 38.0 Å². The standard InChI is InChI=1S/C14H14ClFN2/c1-8-3-4-11(16)14(5-8)18-13-7-10(15)12(17)6-9(13)2/h3-7,18H,17H2,1-2H3. The van der Waals surface area contributed by atoms with Gasteiger partial charge in [-0.15, -0.1) is 0 Å². The summed E-state index contributed by atoms with van der Waals surface area (Å²) in [5, 5.41) is 3.49. The number of nitrogens with one attached hydrogen (secondary N) is 1. The minimum Gasteiger partial charge on any atom is -0.398 e. The predicted molar refractivity (Wildman–Crippen MR) is 75.0 cm³/mol. The maximum Gasteiger partial charge on any atom is 0.146 e. The Hall–Kier alpha value is -1.74. The molecule has 0 amide bonds. The predicted octanol–water partition coefficient (Wildman–Crippen LogP) is 4.42. The molecular formula is C14H14ClFN2. The van der Waals surface area contributed by atoms with Crippen LogP contribution < -0.4 is 11.1 Å². The fraction of sp³-hybridized carbons (Fsp3) is 0.143. The van der Waals surface area contributed by atoms with Crippen molar-refractivity contribution < 1.29 is 4.39 Å². The molecule has 0 fully saturated rings. The average molecular weight is 265 g/mol. The number of nitrogen functional groups attached to an aromatic ring is 1. The first-order chi connectivity index (χ1) is 8.47. The molecule has 2 aromatic rings. The van der Waals surface area contributed by atoms with Gasteiger partial charge in [-0.3, -0.25) is 0 Å². The summed E-state index contributed by atoms with van der Waals surface area (Å²) < 4.78 is 13.6. The zero-order valence-corrected chi connectivity index (χ0v) is 11.0. The Bertz CT molecular complexity index is 597. The monoisotopic (exact) mass is 264 g/mol. The van der Waals surface area contributed by atoms with E-state index in [-0.39, 0.29) is 5.82 Å². The van der Waals surface area contributed by atoms with E-state index < -0.39 is 0 Å². The summed E-state index contributed by atoms with van der Waals surface area (Å²) in [5.74, 6) is -0.298. The van der Waals surface area contributed by atoms with Gasteiger partial charge < -0.3 is 11.1 Å². The minimum absolute atomic E-state index is 0.298. The molecule has 0 radical (unpaired) electrons. The van der Waals surface area contributed by atoms with Gasteiger partial charge in [-0.05, 0) is 49.2 Å². The van der Waals surface area contributed by atoms with Gasteiger partial charge in [-0.2, -0.15) is 0 Å². The second kappa shape index (κ2) is 4.86. The van der Waals surface area contributed by atoms with Crippen LogP contribution in [0.3, 0.4) is 0 Å². The maximum atomic E-state index is 13.6. The maximum absolute atomic E-state index is 13.6. The fourth-order valence-corrected chi connectivity index (χ4v) is 1.88. The van der Waals surface area contributed by atoms with E-state index in [0.717, 1.165) is 16.8 Å². The third kappa shape index (κ3) is 2.57.